The van der Waals surface area contributed by atoms with Crippen LogP contribution in [0.1, 0.15) is 35.3 Å². The van der Waals surface area contributed by atoms with Crippen LogP contribution in [0.15, 0.2) is 12.1 Å². The lowest BCUT2D eigenvalue weighted by Gasteiger charge is -2.20. The largest absolute Gasteiger partial charge is 0.380 e. The summed E-state index contributed by atoms with van der Waals surface area (Å²) in [4.78, 5) is 15.0. The van der Waals surface area contributed by atoms with E-state index in [1.807, 2.05) is 19.9 Å². The van der Waals surface area contributed by atoms with Crippen molar-refractivity contribution >= 4 is 11.6 Å². The molecule has 1 amide bonds. The standard InChI is InChI=1S/C17H25N3O2/c1-3-22-11-12(2)19-17(21)15-5-4-13-10-18-7-9-20-8-6-14(15)16(13)20/h4-5,12,18H,3,6-11H2,1-2H3,(H,19,21). The number of amides is 1. The summed E-state index contributed by atoms with van der Waals surface area (Å²) in [5, 5.41) is 6.49. The van der Waals surface area contributed by atoms with E-state index in [-0.39, 0.29) is 11.9 Å². The molecule has 2 aliphatic rings. The summed E-state index contributed by atoms with van der Waals surface area (Å²) < 4.78 is 5.37. The number of carbonyl (C=O) groups is 1. The van der Waals surface area contributed by atoms with Crippen molar-refractivity contribution in [1.82, 2.24) is 10.6 Å². The zero-order valence-corrected chi connectivity index (χ0v) is 13.4. The average molecular weight is 303 g/mol. The van der Waals surface area contributed by atoms with Crippen molar-refractivity contribution in [2.24, 2.45) is 0 Å². The molecule has 2 N–H and O–H groups in total. The summed E-state index contributed by atoms with van der Waals surface area (Å²) in [6.07, 6.45) is 0.964. The number of ether oxygens (including phenoxy) is 1. The van der Waals surface area contributed by atoms with Gasteiger partial charge in [-0.2, -0.15) is 0 Å². The zero-order valence-electron chi connectivity index (χ0n) is 13.4. The van der Waals surface area contributed by atoms with Crippen LogP contribution in [0, 0.1) is 0 Å². The molecule has 0 saturated heterocycles. The van der Waals surface area contributed by atoms with Crippen molar-refractivity contribution < 1.29 is 9.53 Å². The second-order valence-corrected chi connectivity index (χ2v) is 6.05. The first-order chi connectivity index (χ1) is 10.7. The van der Waals surface area contributed by atoms with Gasteiger partial charge in [-0.25, -0.2) is 0 Å². The molecule has 0 bridgehead atoms. The molecule has 0 saturated carbocycles. The fraction of sp³-hybridized carbons (Fsp3) is 0.588. The topological polar surface area (TPSA) is 53.6 Å². The van der Waals surface area contributed by atoms with Crippen LogP contribution in [0.3, 0.4) is 0 Å². The third-order valence-electron chi connectivity index (χ3n) is 4.38. The predicted octanol–water partition coefficient (Wildman–Crippen LogP) is 1.31. The maximum atomic E-state index is 12.6. The van der Waals surface area contributed by atoms with E-state index in [1.54, 1.807) is 0 Å². The fourth-order valence-electron chi connectivity index (χ4n) is 3.34. The van der Waals surface area contributed by atoms with Gasteiger partial charge in [-0.3, -0.25) is 4.79 Å². The smallest absolute Gasteiger partial charge is 0.251 e. The first-order valence-corrected chi connectivity index (χ1v) is 8.19. The molecule has 120 valence electrons. The highest BCUT2D eigenvalue weighted by Gasteiger charge is 2.28. The zero-order chi connectivity index (χ0) is 15.5. The molecule has 2 heterocycles. The normalized spacial score (nSPS) is 17.8. The highest BCUT2D eigenvalue weighted by atomic mass is 16.5. The van der Waals surface area contributed by atoms with E-state index in [4.69, 9.17) is 4.74 Å². The number of benzene rings is 1. The molecule has 5 heteroatoms. The predicted molar refractivity (Wildman–Crippen MR) is 87.5 cm³/mol. The summed E-state index contributed by atoms with van der Waals surface area (Å²) >= 11 is 0. The van der Waals surface area contributed by atoms with Crippen LogP contribution in [0.5, 0.6) is 0 Å². The highest BCUT2D eigenvalue weighted by Crippen LogP contribution is 2.35. The van der Waals surface area contributed by atoms with Crippen LogP contribution in [-0.4, -0.2) is 44.8 Å². The Balaban J connectivity index is 1.81. The van der Waals surface area contributed by atoms with E-state index in [0.29, 0.717) is 13.2 Å². The second-order valence-electron chi connectivity index (χ2n) is 6.05. The van der Waals surface area contributed by atoms with E-state index in [1.165, 1.54) is 16.8 Å². The van der Waals surface area contributed by atoms with E-state index in [9.17, 15) is 4.79 Å². The Morgan fingerprint density at radius 3 is 3.14 bits per heavy atom. The molecule has 0 fully saturated rings. The molecule has 0 spiro atoms. The molecule has 0 aromatic heterocycles. The molecular weight excluding hydrogens is 278 g/mol. The minimum absolute atomic E-state index is 0.0176. The van der Waals surface area contributed by atoms with E-state index >= 15 is 0 Å². The van der Waals surface area contributed by atoms with Crippen molar-refractivity contribution in [2.45, 2.75) is 32.9 Å². The van der Waals surface area contributed by atoms with Gasteiger partial charge in [0.2, 0.25) is 0 Å². The van der Waals surface area contributed by atoms with Gasteiger partial charge >= 0.3 is 0 Å². The molecule has 0 radical (unpaired) electrons. The van der Waals surface area contributed by atoms with Crippen LogP contribution in [0.2, 0.25) is 0 Å². The maximum Gasteiger partial charge on any atom is 0.251 e. The first-order valence-electron chi connectivity index (χ1n) is 8.19. The lowest BCUT2D eigenvalue weighted by atomic mass is 10.00. The van der Waals surface area contributed by atoms with E-state index in [0.717, 1.165) is 38.2 Å². The summed E-state index contributed by atoms with van der Waals surface area (Å²) in [5.41, 5.74) is 4.63. The van der Waals surface area contributed by atoms with Gasteiger partial charge in [-0.1, -0.05) is 6.07 Å². The first kappa shape index (κ1) is 15.3. The van der Waals surface area contributed by atoms with Crippen LogP contribution >= 0.6 is 0 Å². The fourth-order valence-corrected chi connectivity index (χ4v) is 3.34. The van der Waals surface area contributed by atoms with Crippen LogP contribution in [0.4, 0.5) is 5.69 Å². The number of rotatable bonds is 5. The Kier molecular flexibility index (Phi) is 4.64. The molecule has 22 heavy (non-hydrogen) atoms. The average Bonchev–Trinajstić information content (AvgIpc) is 2.82. The summed E-state index contributed by atoms with van der Waals surface area (Å²) in [7, 11) is 0. The number of hydrogen-bond donors (Lipinski definition) is 2. The quantitative estimate of drug-likeness (QED) is 0.861. The number of nitrogens with zero attached hydrogens (tertiary/aromatic N) is 1. The third-order valence-corrected chi connectivity index (χ3v) is 4.38. The Hall–Kier alpha value is -1.59. The highest BCUT2D eigenvalue weighted by molar-refractivity contribution is 5.98. The van der Waals surface area contributed by atoms with Gasteiger partial charge in [0, 0.05) is 50.1 Å². The van der Waals surface area contributed by atoms with E-state index in [2.05, 4.69) is 21.6 Å². The van der Waals surface area contributed by atoms with Gasteiger partial charge in [0.05, 0.1) is 6.61 Å². The lowest BCUT2D eigenvalue weighted by molar-refractivity contribution is 0.0871. The molecule has 0 aliphatic carbocycles. The molecule has 1 aromatic carbocycles. The van der Waals surface area contributed by atoms with Crippen molar-refractivity contribution in [3.8, 4) is 0 Å². The number of nitrogens with one attached hydrogen (secondary N) is 2. The van der Waals surface area contributed by atoms with Gasteiger partial charge in [0.25, 0.3) is 5.91 Å². The molecule has 1 aromatic rings. The summed E-state index contributed by atoms with van der Waals surface area (Å²) in [6.45, 7) is 9.10. The molecule has 1 unspecified atom stereocenters. The molecule has 5 nitrogen and oxygen atoms in total. The third kappa shape index (κ3) is 2.96. The van der Waals surface area contributed by atoms with Gasteiger partial charge in [-0.15, -0.1) is 0 Å². The molecule has 1 atom stereocenters. The number of hydrogen-bond acceptors (Lipinski definition) is 4. The minimum atomic E-state index is 0.0176. The Bertz CT molecular complexity index is 559. The Labute approximate surface area is 132 Å². The van der Waals surface area contributed by atoms with Gasteiger partial charge in [0.15, 0.2) is 0 Å². The minimum Gasteiger partial charge on any atom is -0.380 e. The van der Waals surface area contributed by atoms with Crippen LogP contribution in [0.25, 0.3) is 0 Å². The van der Waals surface area contributed by atoms with Crippen LogP contribution < -0.4 is 15.5 Å². The molecule has 2 aliphatic heterocycles. The van der Waals surface area contributed by atoms with E-state index < -0.39 is 0 Å². The SMILES string of the molecule is CCOCC(C)NC(=O)c1ccc2c3c1CCN3CCNC2. The van der Waals surface area contributed by atoms with Crippen LogP contribution in [-0.2, 0) is 17.7 Å². The second kappa shape index (κ2) is 6.67. The van der Waals surface area contributed by atoms with Gasteiger partial charge in [-0.05, 0) is 37.5 Å². The van der Waals surface area contributed by atoms with Crippen molar-refractivity contribution in [3.05, 3.63) is 28.8 Å². The summed E-state index contributed by atoms with van der Waals surface area (Å²) in [6, 6.07) is 4.10. The number of anilines is 1. The Morgan fingerprint density at radius 2 is 2.32 bits per heavy atom. The maximum absolute atomic E-state index is 12.6. The van der Waals surface area contributed by atoms with Gasteiger partial charge in [0.1, 0.15) is 0 Å². The Morgan fingerprint density at radius 1 is 1.45 bits per heavy atom. The molecular formula is C17H25N3O2. The van der Waals surface area contributed by atoms with Crippen molar-refractivity contribution in [3.63, 3.8) is 0 Å². The van der Waals surface area contributed by atoms with Crippen molar-refractivity contribution in [1.29, 1.82) is 0 Å². The lowest BCUT2D eigenvalue weighted by Crippen LogP contribution is -2.36. The molecule has 3 rings (SSSR count). The van der Waals surface area contributed by atoms with Crippen molar-refractivity contribution in [2.75, 3.05) is 37.7 Å². The van der Waals surface area contributed by atoms with Gasteiger partial charge < -0.3 is 20.3 Å². The number of carbonyl (C=O) groups excluding carboxylic acids is 1. The monoisotopic (exact) mass is 303 g/mol. The summed E-state index contributed by atoms with van der Waals surface area (Å²) in [5.74, 6) is 0.0176.